The molecule has 0 N–H and O–H groups in total. The normalized spacial score (nSPS) is 13.8. The molecule has 1 nitrogen and oxygen atoms in total. The molecule has 8 aromatic rings. The highest BCUT2D eigenvalue weighted by molar-refractivity contribution is 7.26. The summed E-state index contributed by atoms with van der Waals surface area (Å²) in [5, 5.41) is 5.35. The second-order valence-corrected chi connectivity index (χ2v) is 12.8. The molecule has 2 aromatic heterocycles. The SMILES string of the molecule is CC1(C)c2ccccc2-c2ccc(-n3c4ccc(-c5ccccc5)cc4c4c5c(ccc43)sc3ccccc35)cc21. The number of rotatable bonds is 2. The van der Waals surface area contributed by atoms with Crippen LogP contribution in [0.4, 0.5) is 0 Å². The van der Waals surface area contributed by atoms with Gasteiger partial charge >= 0.3 is 0 Å². The van der Waals surface area contributed by atoms with E-state index in [1.165, 1.54) is 81.0 Å². The zero-order valence-electron chi connectivity index (χ0n) is 23.0. The Bertz CT molecular complexity index is 2330. The van der Waals surface area contributed by atoms with E-state index < -0.39 is 0 Å². The van der Waals surface area contributed by atoms with E-state index in [0.717, 1.165) is 0 Å². The fraction of sp³-hybridized carbons (Fsp3) is 0.0769. The topological polar surface area (TPSA) is 4.93 Å². The Morgan fingerprint density at radius 2 is 1.27 bits per heavy atom. The molecule has 194 valence electrons. The van der Waals surface area contributed by atoms with Gasteiger partial charge in [-0.25, -0.2) is 0 Å². The molecule has 0 unspecified atom stereocenters. The Labute approximate surface area is 242 Å². The van der Waals surface area contributed by atoms with Crippen LogP contribution >= 0.6 is 11.3 Å². The summed E-state index contributed by atoms with van der Waals surface area (Å²) in [4.78, 5) is 0. The largest absolute Gasteiger partial charge is 0.309 e. The average Bonchev–Trinajstić information content (AvgIpc) is 3.63. The average molecular weight is 542 g/mol. The van der Waals surface area contributed by atoms with Gasteiger partial charge in [-0.3, -0.25) is 0 Å². The van der Waals surface area contributed by atoms with Crippen LogP contribution in [0.25, 0.3) is 69.9 Å². The quantitative estimate of drug-likeness (QED) is 0.205. The summed E-state index contributed by atoms with van der Waals surface area (Å²) < 4.78 is 5.17. The Hall–Kier alpha value is -4.66. The number of hydrogen-bond donors (Lipinski definition) is 0. The summed E-state index contributed by atoms with van der Waals surface area (Å²) in [7, 11) is 0. The minimum absolute atomic E-state index is 0.0436. The first-order chi connectivity index (χ1) is 20.1. The van der Waals surface area contributed by atoms with E-state index in [1.807, 2.05) is 11.3 Å². The molecule has 0 amide bonds. The van der Waals surface area contributed by atoms with Crippen molar-refractivity contribution in [1.82, 2.24) is 4.57 Å². The standard InChI is InChI=1S/C39H27NS/c1-39(2)31-14-8-6-12-27(31)28-18-17-26(23-32(28)39)40-33-19-16-25(24-10-4-3-5-11-24)22-30(33)37-34(40)20-21-36-38(37)29-13-7-9-15-35(29)41-36/h3-23H,1-2H3. The third-order valence-electron chi connectivity index (χ3n) is 9.20. The summed E-state index contributed by atoms with van der Waals surface area (Å²) in [6, 6.07) is 47.2. The second kappa shape index (κ2) is 8.19. The van der Waals surface area contributed by atoms with Crippen molar-refractivity contribution in [2.75, 3.05) is 0 Å². The Morgan fingerprint density at radius 1 is 0.512 bits per heavy atom. The van der Waals surface area contributed by atoms with E-state index in [0.29, 0.717) is 0 Å². The Morgan fingerprint density at radius 3 is 2.17 bits per heavy atom. The van der Waals surface area contributed by atoms with Crippen molar-refractivity contribution in [2.45, 2.75) is 19.3 Å². The number of aromatic nitrogens is 1. The molecule has 2 heteroatoms. The number of thiophene rings is 1. The van der Waals surface area contributed by atoms with Crippen LogP contribution in [0.1, 0.15) is 25.0 Å². The monoisotopic (exact) mass is 541 g/mol. The molecule has 0 bridgehead atoms. The van der Waals surface area contributed by atoms with Crippen molar-refractivity contribution < 1.29 is 0 Å². The number of fused-ring (bicyclic) bond motifs is 10. The minimum atomic E-state index is -0.0436. The van der Waals surface area contributed by atoms with Gasteiger partial charge in [-0.15, -0.1) is 11.3 Å². The summed E-state index contributed by atoms with van der Waals surface area (Å²) >= 11 is 1.89. The first-order valence-electron chi connectivity index (χ1n) is 14.3. The van der Waals surface area contributed by atoms with Crippen LogP contribution < -0.4 is 0 Å². The molecule has 1 aliphatic rings. The van der Waals surface area contributed by atoms with Gasteiger partial charge in [-0.1, -0.05) is 98.8 Å². The molecule has 0 aliphatic heterocycles. The van der Waals surface area contributed by atoms with E-state index in [2.05, 4.69) is 146 Å². The molecule has 0 saturated heterocycles. The molecule has 0 atom stereocenters. The molecule has 0 radical (unpaired) electrons. The van der Waals surface area contributed by atoms with Crippen molar-refractivity contribution in [3.63, 3.8) is 0 Å². The number of hydrogen-bond acceptors (Lipinski definition) is 1. The fourth-order valence-corrected chi connectivity index (χ4v) is 8.36. The zero-order valence-corrected chi connectivity index (χ0v) is 23.8. The van der Waals surface area contributed by atoms with Crippen molar-refractivity contribution in [3.05, 3.63) is 139 Å². The van der Waals surface area contributed by atoms with E-state index in [4.69, 9.17) is 0 Å². The third kappa shape index (κ3) is 3.11. The predicted octanol–water partition coefficient (Wildman–Crippen LogP) is 11.1. The maximum Gasteiger partial charge on any atom is 0.0548 e. The zero-order chi connectivity index (χ0) is 27.3. The lowest BCUT2D eigenvalue weighted by molar-refractivity contribution is 0.660. The van der Waals surface area contributed by atoms with Gasteiger partial charge in [0.2, 0.25) is 0 Å². The highest BCUT2D eigenvalue weighted by Crippen LogP contribution is 2.50. The minimum Gasteiger partial charge on any atom is -0.309 e. The van der Waals surface area contributed by atoms with Gasteiger partial charge in [0.15, 0.2) is 0 Å². The molecular formula is C39H27NS. The molecular weight excluding hydrogens is 515 g/mol. The van der Waals surface area contributed by atoms with Crippen LogP contribution in [0.5, 0.6) is 0 Å². The van der Waals surface area contributed by atoms with Crippen LogP contribution in [-0.4, -0.2) is 4.57 Å². The van der Waals surface area contributed by atoms with Crippen LogP contribution in [0.2, 0.25) is 0 Å². The molecule has 41 heavy (non-hydrogen) atoms. The van der Waals surface area contributed by atoms with Crippen LogP contribution in [-0.2, 0) is 5.41 Å². The number of nitrogens with zero attached hydrogens (tertiary/aromatic N) is 1. The van der Waals surface area contributed by atoms with Crippen molar-refractivity contribution in [2.24, 2.45) is 0 Å². The van der Waals surface area contributed by atoms with Gasteiger partial charge < -0.3 is 4.57 Å². The molecule has 1 aliphatic carbocycles. The maximum atomic E-state index is 2.49. The first kappa shape index (κ1) is 23.1. The lowest BCUT2D eigenvalue weighted by Crippen LogP contribution is -2.15. The van der Waals surface area contributed by atoms with Crippen molar-refractivity contribution >= 4 is 53.3 Å². The first-order valence-corrected chi connectivity index (χ1v) is 15.1. The summed E-state index contributed by atoms with van der Waals surface area (Å²) in [5.74, 6) is 0. The maximum absolute atomic E-state index is 2.49. The summed E-state index contributed by atoms with van der Waals surface area (Å²) in [6.07, 6.45) is 0. The molecule has 2 heterocycles. The third-order valence-corrected chi connectivity index (χ3v) is 10.3. The predicted molar refractivity (Wildman–Crippen MR) is 177 cm³/mol. The van der Waals surface area contributed by atoms with Gasteiger partial charge in [0.1, 0.15) is 0 Å². The van der Waals surface area contributed by atoms with Crippen LogP contribution in [0.3, 0.4) is 0 Å². The highest BCUT2D eigenvalue weighted by Gasteiger charge is 2.35. The van der Waals surface area contributed by atoms with Crippen molar-refractivity contribution in [1.29, 1.82) is 0 Å². The molecule has 6 aromatic carbocycles. The summed E-state index contributed by atoms with van der Waals surface area (Å²) in [5.41, 5.74) is 11.7. The van der Waals surface area contributed by atoms with Gasteiger partial charge in [0.05, 0.1) is 11.0 Å². The van der Waals surface area contributed by atoms with E-state index in [1.54, 1.807) is 0 Å². The second-order valence-electron chi connectivity index (χ2n) is 11.8. The van der Waals surface area contributed by atoms with Gasteiger partial charge in [-0.2, -0.15) is 0 Å². The molecule has 9 rings (SSSR count). The van der Waals surface area contributed by atoms with E-state index in [9.17, 15) is 0 Å². The van der Waals surface area contributed by atoms with Gasteiger partial charge in [-0.05, 0) is 75.8 Å². The van der Waals surface area contributed by atoms with E-state index >= 15 is 0 Å². The lowest BCUT2D eigenvalue weighted by Gasteiger charge is -2.22. The van der Waals surface area contributed by atoms with Crippen LogP contribution in [0.15, 0.2) is 127 Å². The Kier molecular flexibility index (Phi) is 4.61. The van der Waals surface area contributed by atoms with E-state index in [-0.39, 0.29) is 5.41 Å². The molecule has 0 spiro atoms. The Balaban J connectivity index is 1.40. The van der Waals surface area contributed by atoms with Crippen molar-refractivity contribution in [3.8, 4) is 27.9 Å². The van der Waals surface area contributed by atoms with Gasteiger partial charge in [0.25, 0.3) is 0 Å². The van der Waals surface area contributed by atoms with Gasteiger partial charge in [0, 0.05) is 42.0 Å². The highest BCUT2D eigenvalue weighted by atomic mass is 32.1. The molecule has 0 fully saturated rings. The smallest absolute Gasteiger partial charge is 0.0548 e. The number of benzene rings is 6. The lowest BCUT2D eigenvalue weighted by atomic mass is 9.82. The fourth-order valence-electron chi connectivity index (χ4n) is 7.25. The summed E-state index contributed by atoms with van der Waals surface area (Å²) in [6.45, 7) is 4.72. The van der Waals surface area contributed by atoms with Crippen LogP contribution in [0, 0.1) is 0 Å². The molecule has 0 saturated carbocycles.